The maximum atomic E-state index is 12.6. The van der Waals surface area contributed by atoms with Crippen molar-refractivity contribution in [3.63, 3.8) is 0 Å². The van der Waals surface area contributed by atoms with E-state index < -0.39 is 16.0 Å². The Morgan fingerprint density at radius 1 is 1.22 bits per heavy atom. The van der Waals surface area contributed by atoms with Crippen molar-refractivity contribution < 1.29 is 27.8 Å². The summed E-state index contributed by atoms with van der Waals surface area (Å²) >= 11 is 0. The van der Waals surface area contributed by atoms with E-state index >= 15 is 0 Å². The maximum Gasteiger partial charge on any atom is 0.306 e. The molecule has 0 saturated carbocycles. The van der Waals surface area contributed by atoms with E-state index in [4.69, 9.17) is 14.6 Å². The van der Waals surface area contributed by atoms with Crippen LogP contribution in [0.5, 0.6) is 5.75 Å². The SMILES string of the molecule is O=C(O)CCOc1ccc(S(=O)(=O)N2C[C@H]3COC[C@H]3C2)cc1. The van der Waals surface area contributed by atoms with Crippen LogP contribution in [0.25, 0.3) is 0 Å². The largest absolute Gasteiger partial charge is 0.493 e. The van der Waals surface area contributed by atoms with Crippen molar-refractivity contribution in [3.05, 3.63) is 24.3 Å². The van der Waals surface area contributed by atoms with Crippen LogP contribution in [0.2, 0.25) is 0 Å². The summed E-state index contributed by atoms with van der Waals surface area (Å²) in [6.45, 7) is 2.32. The second kappa shape index (κ2) is 6.46. The fourth-order valence-corrected chi connectivity index (χ4v) is 4.51. The first kappa shape index (κ1) is 16.2. The van der Waals surface area contributed by atoms with E-state index in [2.05, 4.69) is 0 Å². The Hall–Kier alpha value is -1.64. The number of fused-ring (bicyclic) bond motifs is 1. The average molecular weight is 341 g/mol. The molecule has 2 saturated heterocycles. The number of hydrogen-bond donors (Lipinski definition) is 1. The van der Waals surface area contributed by atoms with Crippen molar-refractivity contribution in [2.75, 3.05) is 32.9 Å². The molecule has 0 aromatic heterocycles. The summed E-state index contributed by atoms with van der Waals surface area (Å²) in [7, 11) is -3.50. The molecule has 0 aliphatic carbocycles. The molecule has 2 fully saturated rings. The molecule has 0 bridgehead atoms. The molecule has 0 amide bonds. The Balaban J connectivity index is 1.65. The predicted octanol–water partition coefficient (Wildman–Crippen LogP) is 0.807. The van der Waals surface area contributed by atoms with Gasteiger partial charge in [-0.2, -0.15) is 4.31 Å². The lowest BCUT2D eigenvalue weighted by molar-refractivity contribution is -0.137. The molecule has 0 radical (unpaired) electrons. The number of benzene rings is 1. The molecule has 0 unspecified atom stereocenters. The van der Waals surface area contributed by atoms with Gasteiger partial charge in [0.1, 0.15) is 5.75 Å². The van der Waals surface area contributed by atoms with Gasteiger partial charge in [-0.1, -0.05) is 0 Å². The van der Waals surface area contributed by atoms with Crippen LogP contribution in [-0.4, -0.2) is 56.7 Å². The first-order valence-electron chi connectivity index (χ1n) is 7.49. The topological polar surface area (TPSA) is 93.1 Å². The molecule has 2 aliphatic heterocycles. The van der Waals surface area contributed by atoms with Crippen LogP contribution in [0.4, 0.5) is 0 Å². The van der Waals surface area contributed by atoms with Gasteiger partial charge in [0.25, 0.3) is 0 Å². The number of aliphatic carboxylic acids is 1. The lowest BCUT2D eigenvalue weighted by atomic mass is 10.0. The highest BCUT2D eigenvalue weighted by atomic mass is 32.2. The minimum absolute atomic E-state index is 0.0525. The normalized spacial score (nSPS) is 24.5. The van der Waals surface area contributed by atoms with Gasteiger partial charge in [0.15, 0.2) is 0 Å². The number of carboxylic acids is 1. The van der Waals surface area contributed by atoms with Gasteiger partial charge < -0.3 is 14.6 Å². The minimum atomic E-state index is -3.50. The first-order chi connectivity index (χ1) is 11.0. The van der Waals surface area contributed by atoms with Crippen molar-refractivity contribution in [3.8, 4) is 5.75 Å². The van der Waals surface area contributed by atoms with E-state index in [9.17, 15) is 13.2 Å². The van der Waals surface area contributed by atoms with E-state index in [0.29, 0.717) is 43.9 Å². The minimum Gasteiger partial charge on any atom is -0.493 e. The highest BCUT2D eigenvalue weighted by Crippen LogP contribution is 2.33. The van der Waals surface area contributed by atoms with Crippen molar-refractivity contribution in [2.45, 2.75) is 11.3 Å². The van der Waals surface area contributed by atoms with Crippen LogP contribution in [0, 0.1) is 11.8 Å². The quantitative estimate of drug-likeness (QED) is 0.823. The van der Waals surface area contributed by atoms with E-state index in [1.54, 1.807) is 12.1 Å². The van der Waals surface area contributed by atoms with Crippen LogP contribution < -0.4 is 4.74 Å². The van der Waals surface area contributed by atoms with E-state index in [-0.39, 0.29) is 17.9 Å². The number of carbonyl (C=O) groups is 1. The summed E-state index contributed by atoms with van der Waals surface area (Å²) < 4.78 is 37.4. The highest BCUT2D eigenvalue weighted by molar-refractivity contribution is 7.89. The molecule has 1 aromatic carbocycles. The fraction of sp³-hybridized carbons (Fsp3) is 0.533. The van der Waals surface area contributed by atoms with Crippen LogP contribution >= 0.6 is 0 Å². The third kappa shape index (κ3) is 3.49. The molecule has 126 valence electrons. The predicted molar refractivity (Wildman–Crippen MR) is 80.7 cm³/mol. The molecule has 8 heteroatoms. The van der Waals surface area contributed by atoms with Crippen LogP contribution in [0.15, 0.2) is 29.2 Å². The molecule has 23 heavy (non-hydrogen) atoms. The number of carboxylic acid groups (broad SMARTS) is 1. The molecule has 2 heterocycles. The van der Waals surface area contributed by atoms with Gasteiger partial charge in [0.05, 0.1) is 31.1 Å². The van der Waals surface area contributed by atoms with E-state index in [1.165, 1.54) is 16.4 Å². The zero-order chi connectivity index (χ0) is 16.4. The Labute approximate surface area is 134 Å². The summed E-state index contributed by atoms with van der Waals surface area (Å²) in [5.74, 6) is 0.108. The Bertz CT molecular complexity index is 660. The molecular formula is C15H19NO6S. The van der Waals surface area contributed by atoms with Crippen molar-refractivity contribution in [1.82, 2.24) is 4.31 Å². The van der Waals surface area contributed by atoms with Crippen molar-refractivity contribution >= 4 is 16.0 Å². The first-order valence-corrected chi connectivity index (χ1v) is 8.93. The fourth-order valence-electron chi connectivity index (χ4n) is 2.95. The molecule has 0 spiro atoms. The Kier molecular flexibility index (Phi) is 4.56. The summed E-state index contributed by atoms with van der Waals surface area (Å²) in [6, 6.07) is 6.09. The number of ether oxygens (including phenoxy) is 2. The van der Waals surface area contributed by atoms with Gasteiger partial charge in [-0.25, -0.2) is 8.42 Å². The molecule has 3 rings (SSSR count). The maximum absolute atomic E-state index is 12.6. The van der Waals surface area contributed by atoms with Gasteiger partial charge in [-0.15, -0.1) is 0 Å². The van der Waals surface area contributed by atoms with Gasteiger partial charge >= 0.3 is 5.97 Å². The molecule has 1 aromatic rings. The Morgan fingerprint density at radius 3 is 2.39 bits per heavy atom. The van der Waals surface area contributed by atoms with Crippen molar-refractivity contribution in [1.29, 1.82) is 0 Å². The van der Waals surface area contributed by atoms with Gasteiger partial charge in [0.2, 0.25) is 10.0 Å². The average Bonchev–Trinajstić information content (AvgIpc) is 3.09. The Morgan fingerprint density at radius 2 is 1.83 bits per heavy atom. The lowest BCUT2D eigenvalue weighted by Gasteiger charge is -2.17. The number of rotatable bonds is 6. The summed E-state index contributed by atoms with van der Waals surface area (Å²) in [5, 5.41) is 8.56. The van der Waals surface area contributed by atoms with Gasteiger partial charge in [-0.05, 0) is 24.3 Å². The third-order valence-electron chi connectivity index (χ3n) is 4.25. The van der Waals surface area contributed by atoms with Crippen LogP contribution in [0.1, 0.15) is 6.42 Å². The summed E-state index contributed by atoms with van der Waals surface area (Å²) in [6.07, 6.45) is -0.0985. The monoisotopic (exact) mass is 341 g/mol. The van der Waals surface area contributed by atoms with E-state index in [0.717, 1.165) is 0 Å². The molecule has 7 nitrogen and oxygen atoms in total. The van der Waals surface area contributed by atoms with E-state index in [1.807, 2.05) is 0 Å². The zero-order valence-electron chi connectivity index (χ0n) is 12.6. The molecule has 1 N–H and O–H groups in total. The number of nitrogens with zero attached hydrogens (tertiary/aromatic N) is 1. The smallest absolute Gasteiger partial charge is 0.306 e. The van der Waals surface area contributed by atoms with Gasteiger partial charge in [-0.3, -0.25) is 4.79 Å². The number of sulfonamides is 1. The summed E-state index contributed by atoms with van der Waals surface area (Å²) in [4.78, 5) is 10.7. The van der Waals surface area contributed by atoms with Crippen LogP contribution in [0.3, 0.4) is 0 Å². The molecule has 2 aliphatic rings. The number of hydrogen-bond acceptors (Lipinski definition) is 5. The van der Waals surface area contributed by atoms with Crippen LogP contribution in [-0.2, 0) is 19.6 Å². The summed E-state index contributed by atoms with van der Waals surface area (Å²) in [5.41, 5.74) is 0. The van der Waals surface area contributed by atoms with Gasteiger partial charge in [0, 0.05) is 24.9 Å². The lowest BCUT2D eigenvalue weighted by Crippen LogP contribution is -2.30. The third-order valence-corrected chi connectivity index (χ3v) is 6.10. The zero-order valence-corrected chi connectivity index (χ0v) is 13.4. The second-order valence-electron chi connectivity index (χ2n) is 5.84. The molecular weight excluding hydrogens is 322 g/mol. The second-order valence-corrected chi connectivity index (χ2v) is 7.78. The standard InChI is InChI=1S/C15H19NO6S/c17-15(18)5-6-22-13-1-3-14(4-2-13)23(19,20)16-7-11-9-21-10-12(11)8-16/h1-4,11-12H,5-10H2,(H,17,18)/t11-,12+. The molecule has 2 atom stereocenters. The van der Waals surface area contributed by atoms with Crippen molar-refractivity contribution in [2.24, 2.45) is 11.8 Å². The highest BCUT2D eigenvalue weighted by Gasteiger charge is 2.42.